The highest BCUT2D eigenvalue weighted by Crippen LogP contribution is 2.27. The second-order valence-electron chi connectivity index (χ2n) is 4.33. The second kappa shape index (κ2) is 5.84. The molecule has 1 amide bonds. The standard InChI is InChI=1S/C11H20N2O3/c1-2-8(12)7-10(14)13(9-3-4-9)6-5-11(15)16/h8-9H,2-7,12H2,1H3,(H,15,16). The van der Waals surface area contributed by atoms with E-state index in [0.717, 1.165) is 19.3 Å². The molecule has 0 saturated heterocycles. The predicted molar refractivity (Wildman–Crippen MR) is 59.9 cm³/mol. The van der Waals surface area contributed by atoms with Crippen LogP contribution in [-0.2, 0) is 9.59 Å². The Hall–Kier alpha value is -1.10. The number of rotatable bonds is 7. The van der Waals surface area contributed by atoms with Crippen molar-refractivity contribution in [1.29, 1.82) is 0 Å². The molecule has 1 fully saturated rings. The van der Waals surface area contributed by atoms with Gasteiger partial charge in [0.25, 0.3) is 0 Å². The van der Waals surface area contributed by atoms with Crippen LogP contribution in [0, 0.1) is 0 Å². The third-order valence-corrected chi connectivity index (χ3v) is 2.84. The normalized spacial score (nSPS) is 16.9. The van der Waals surface area contributed by atoms with Crippen LogP contribution in [0.2, 0.25) is 0 Å². The minimum atomic E-state index is -0.863. The number of carbonyl (C=O) groups is 2. The zero-order valence-corrected chi connectivity index (χ0v) is 9.69. The molecule has 0 aromatic heterocycles. The predicted octanol–water partition coefficient (Wildman–Crippen LogP) is 0.580. The van der Waals surface area contributed by atoms with Gasteiger partial charge < -0.3 is 15.7 Å². The Labute approximate surface area is 95.6 Å². The molecular formula is C11H20N2O3. The fraction of sp³-hybridized carbons (Fsp3) is 0.818. The lowest BCUT2D eigenvalue weighted by atomic mass is 10.1. The number of amides is 1. The van der Waals surface area contributed by atoms with E-state index in [2.05, 4.69) is 0 Å². The Morgan fingerprint density at radius 1 is 1.50 bits per heavy atom. The molecule has 0 radical (unpaired) electrons. The van der Waals surface area contributed by atoms with E-state index >= 15 is 0 Å². The maximum atomic E-state index is 11.9. The highest BCUT2D eigenvalue weighted by Gasteiger charge is 2.32. The van der Waals surface area contributed by atoms with Crippen LogP contribution < -0.4 is 5.73 Å². The van der Waals surface area contributed by atoms with Crippen LogP contribution in [0.25, 0.3) is 0 Å². The summed E-state index contributed by atoms with van der Waals surface area (Å²) >= 11 is 0. The minimum Gasteiger partial charge on any atom is -0.481 e. The van der Waals surface area contributed by atoms with Gasteiger partial charge in [0.15, 0.2) is 0 Å². The van der Waals surface area contributed by atoms with Crippen LogP contribution in [0.1, 0.15) is 39.0 Å². The topological polar surface area (TPSA) is 83.6 Å². The zero-order chi connectivity index (χ0) is 12.1. The molecule has 1 aliphatic rings. The third kappa shape index (κ3) is 4.18. The molecule has 16 heavy (non-hydrogen) atoms. The van der Waals surface area contributed by atoms with Crippen molar-refractivity contribution >= 4 is 11.9 Å². The number of nitrogens with two attached hydrogens (primary N) is 1. The number of hydrogen-bond donors (Lipinski definition) is 2. The monoisotopic (exact) mass is 228 g/mol. The molecule has 0 aromatic rings. The first-order chi connectivity index (χ1) is 7.54. The van der Waals surface area contributed by atoms with E-state index < -0.39 is 5.97 Å². The van der Waals surface area contributed by atoms with Crippen molar-refractivity contribution in [2.24, 2.45) is 5.73 Å². The van der Waals surface area contributed by atoms with E-state index in [4.69, 9.17) is 10.8 Å². The zero-order valence-electron chi connectivity index (χ0n) is 9.69. The maximum Gasteiger partial charge on any atom is 0.305 e. The average molecular weight is 228 g/mol. The smallest absolute Gasteiger partial charge is 0.305 e. The number of hydrogen-bond acceptors (Lipinski definition) is 3. The van der Waals surface area contributed by atoms with E-state index in [1.165, 1.54) is 0 Å². The summed E-state index contributed by atoms with van der Waals surface area (Å²) in [6.07, 6.45) is 3.10. The molecule has 0 spiro atoms. The summed E-state index contributed by atoms with van der Waals surface area (Å²) in [6, 6.07) is 0.148. The number of carboxylic acid groups (broad SMARTS) is 1. The Kier molecular flexibility index (Phi) is 4.73. The molecule has 1 atom stereocenters. The molecule has 1 aliphatic carbocycles. The molecule has 92 valence electrons. The van der Waals surface area contributed by atoms with E-state index in [-0.39, 0.29) is 24.4 Å². The van der Waals surface area contributed by atoms with Gasteiger partial charge in [-0.05, 0) is 19.3 Å². The molecule has 1 saturated carbocycles. The first-order valence-corrected chi connectivity index (χ1v) is 5.81. The molecular weight excluding hydrogens is 208 g/mol. The van der Waals surface area contributed by atoms with Gasteiger partial charge in [0, 0.05) is 25.0 Å². The van der Waals surface area contributed by atoms with Gasteiger partial charge in [-0.3, -0.25) is 9.59 Å². The van der Waals surface area contributed by atoms with Crippen LogP contribution in [0.5, 0.6) is 0 Å². The Morgan fingerprint density at radius 3 is 2.56 bits per heavy atom. The molecule has 1 rings (SSSR count). The van der Waals surface area contributed by atoms with Gasteiger partial charge in [0.1, 0.15) is 0 Å². The SMILES string of the molecule is CCC(N)CC(=O)N(CCC(=O)O)C1CC1. The fourth-order valence-electron chi connectivity index (χ4n) is 1.60. The van der Waals surface area contributed by atoms with Gasteiger partial charge in [-0.25, -0.2) is 0 Å². The highest BCUT2D eigenvalue weighted by atomic mass is 16.4. The summed E-state index contributed by atoms with van der Waals surface area (Å²) in [4.78, 5) is 24.0. The lowest BCUT2D eigenvalue weighted by Gasteiger charge is -2.23. The van der Waals surface area contributed by atoms with Crippen LogP contribution in [-0.4, -0.2) is 40.5 Å². The summed E-state index contributed by atoms with van der Waals surface area (Å²) in [6.45, 7) is 2.26. The Balaban J connectivity index is 2.42. The first-order valence-electron chi connectivity index (χ1n) is 5.81. The van der Waals surface area contributed by atoms with Gasteiger partial charge in [0.05, 0.1) is 6.42 Å². The molecule has 3 N–H and O–H groups in total. The fourth-order valence-corrected chi connectivity index (χ4v) is 1.60. The first kappa shape index (κ1) is 13.0. The number of carbonyl (C=O) groups excluding carboxylic acids is 1. The Bertz CT molecular complexity index is 264. The maximum absolute atomic E-state index is 11.9. The lowest BCUT2D eigenvalue weighted by molar-refractivity contribution is -0.138. The van der Waals surface area contributed by atoms with Crippen molar-refractivity contribution in [3.63, 3.8) is 0 Å². The van der Waals surface area contributed by atoms with Crippen molar-refractivity contribution in [3.8, 4) is 0 Å². The summed E-state index contributed by atoms with van der Waals surface area (Å²) in [5, 5.41) is 8.61. The minimum absolute atomic E-state index is 0.00176. The quantitative estimate of drug-likeness (QED) is 0.667. The largest absolute Gasteiger partial charge is 0.481 e. The molecule has 5 heteroatoms. The van der Waals surface area contributed by atoms with E-state index in [1.54, 1.807) is 4.90 Å². The van der Waals surface area contributed by atoms with Gasteiger partial charge in [-0.2, -0.15) is 0 Å². The molecule has 0 aromatic carbocycles. The van der Waals surface area contributed by atoms with Crippen molar-refractivity contribution in [3.05, 3.63) is 0 Å². The van der Waals surface area contributed by atoms with Gasteiger partial charge in [-0.1, -0.05) is 6.92 Å². The summed E-state index contributed by atoms with van der Waals surface area (Å²) in [7, 11) is 0. The molecule has 0 aliphatic heterocycles. The second-order valence-corrected chi connectivity index (χ2v) is 4.33. The molecule has 0 bridgehead atoms. The number of nitrogens with zero attached hydrogens (tertiary/aromatic N) is 1. The lowest BCUT2D eigenvalue weighted by Crippen LogP contribution is -2.38. The third-order valence-electron chi connectivity index (χ3n) is 2.84. The Morgan fingerprint density at radius 2 is 2.12 bits per heavy atom. The van der Waals surface area contributed by atoms with Gasteiger partial charge >= 0.3 is 5.97 Å². The van der Waals surface area contributed by atoms with E-state index in [0.29, 0.717) is 13.0 Å². The van der Waals surface area contributed by atoms with Crippen molar-refractivity contribution in [1.82, 2.24) is 4.90 Å². The molecule has 1 unspecified atom stereocenters. The van der Waals surface area contributed by atoms with E-state index in [9.17, 15) is 9.59 Å². The van der Waals surface area contributed by atoms with Gasteiger partial charge in [0.2, 0.25) is 5.91 Å². The van der Waals surface area contributed by atoms with Crippen molar-refractivity contribution in [2.45, 2.75) is 51.1 Å². The molecule has 5 nitrogen and oxygen atoms in total. The van der Waals surface area contributed by atoms with Crippen molar-refractivity contribution in [2.75, 3.05) is 6.54 Å². The summed E-state index contributed by atoms with van der Waals surface area (Å²) < 4.78 is 0. The van der Waals surface area contributed by atoms with E-state index in [1.807, 2.05) is 6.92 Å². The van der Waals surface area contributed by atoms with Crippen molar-refractivity contribution < 1.29 is 14.7 Å². The van der Waals surface area contributed by atoms with Gasteiger partial charge in [-0.15, -0.1) is 0 Å². The number of aliphatic carboxylic acids is 1. The summed E-state index contributed by atoms with van der Waals surface area (Å²) in [5.41, 5.74) is 5.72. The van der Waals surface area contributed by atoms with Crippen LogP contribution >= 0.6 is 0 Å². The van der Waals surface area contributed by atoms with Crippen LogP contribution in [0.3, 0.4) is 0 Å². The summed E-state index contributed by atoms with van der Waals surface area (Å²) in [5.74, 6) is -0.865. The number of carboxylic acids is 1. The molecule has 0 heterocycles. The van der Waals surface area contributed by atoms with Crippen LogP contribution in [0.15, 0.2) is 0 Å². The van der Waals surface area contributed by atoms with Crippen LogP contribution in [0.4, 0.5) is 0 Å². The average Bonchev–Trinajstić information content (AvgIpc) is 3.01. The highest BCUT2D eigenvalue weighted by molar-refractivity contribution is 5.78.